The Labute approximate surface area is 112 Å². The van der Waals surface area contributed by atoms with Crippen molar-refractivity contribution < 1.29 is 39.9 Å². The summed E-state index contributed by atoms with van der Waals surface area (Å²) in [6.45, 7) is 0. The molecule has 1 aromatic carbocycles. The third-order valence-corrected chi connectivity index (χ3v) is 2.16. The number of halogens is 8. The Morgan fingerprint density at radius 1 is 1.10 bits per heavy atom. The Balaban J connectivity index is 3.11. The molecule has 21 heavy (non-hydrogen) atoms. The maximum Gasteiger partial charge on any atom is 0.439 e. The number of nitrogens with zero attached hydrogens (tertiary/aromatic N) is 1. The molecule has 0 aliphatic rings. The minimum Gasteiger partial charge on any atom is -0.424 e. The predicted octanol–water partition coefficient (Wildman–Crippen LogP) is 3.90. The Morgan fingerprint density at radius 2 is 1.57 bits per heavy atom. The van der Waals surface area contributed by atoms with Crippen LogP contribution in [0.25, 0.3) is 0 Å². The van der Waals surface area contributed by atoms with Gasteiger partial charge in [-0.3, -0.25) is 0 Å². The second kappa shape index (κ2) is 5.75. The zero-order chi connectivity index (χ0) is 16.4. The standard InChI is InChI=1S/C11H5F8NO/c12-6-3-5(1-2-20)4-7(13)8(6)21-11(18,19)9(14)10(15,16)17/h3-4,9H,1H2. The van der Waals surface area contributed by atoms with Gasteiger partial charge in [0.1, 0.15) is 0 Å². The maximum absolute atomic E-state index is 13.3. The monoisotopic (exact) mass is 319 g/mol. The minimum absolute atomic E-state index is 0.254. The molecule has 2 nitrogen and oxygen atoms in total. The van der Waals surface area contributed by atoms with Crippen molar-refractivity contribution >= 4 is 0 Å². The highest BCUT2D eigenvalue weighted by Crippen LogP contribution is 2.38. The van der Waals surface area contributed by atoms with Gasteiger partial charge in [-0.15, -0.1) is 0 Å². The van der Waals surface area contributed by atoms with Crippen molar-refractivity contribution in [3.8, 4) is 11.8 Å². The smallest absolute Gasteiger partial charge is 0.424 e. The number of hydrogen-bond acceptors (Lipinski definition) is 2. The van der Waals surface area contributed by atoms with Gasteiger partial charge in [-0.25, -0.2) is 13.2 Å². The van der Waals surface area contributed by atoms with Crippen molar-refractivity contribution in [3.63, 3.8) is 0 Å². The molecule has 0 heterocycles. The van der Waals surface area contributed by atoms with Crippen molar-refractivity contribution in [1.82, 2.24) is 0 Å². The SMILES string of the molecule is N#CCc1cc(F)c(OC(F)(F)C(F)C(F)(F)F)c(F)c1. The van der Waals surface area contributed by atoms with E-state index in [9.17, 15) is 35.1 Å². The minimum atomic E-state index is -5.97. The molecule has 1 unspecified atom stereocenters. The van der Waals surface area contributed by atoms with E-state index in [2.05, 4.69) is 4.74 Å². The summed E-state index contributed by atoms with van der Waals surface area (Å²) in [5.41, 5.74) is -0.254. The lowest BCUT2D eigenvalue weighted by molar-refractivity contribution is -0.306. The molecule has 0 saturated heterocycles. The Bertz CT molecular complexity index is 539. The Kier molecular flexibility index (Phi) is 4.65. The molecule has 0 spiro atoms. The van der Waals surface area contributed by atoms with E-state index >= 15 is 0 Å². The molecule has 0 amide bonds. The van der Waals surface area contributed by atoms with Crippen LogP contribution in [0.4, 0.5) is 35.1 Å². The molecule has 0 radical (unpaired) electrons. The number of alkyl halides is 6. The average molecular weight is 319 g/mol. The normalized spacial score (nSPS) is 13.7. The zero-order valence-electron chi connectivity index (χ0n) is 9.82. The first kappa shape index (κ1) is 17.0. The molecule has 10 heteroatoms. The van der Waals surface area contributed by atoms with E-state index in [1.165, 1.54) is 6.07 Å². The highest BCUT2D eigenvalue weighted by Gasteiger charge is 2.59. The molecule has 0 aliphatic heterocycles. The van der Waals surface area contributed by atoms with Crippen molar-refractivity contribution in [1.29, 1.82) is 5.26 Å². The van der Waals surface area contributed by atoms with Gasteiger partial charge in [0, 0.05) is 0 Å². The summed E-state index contributed by atoms with van der Waals surface area (Å²) < 4.78 is 104. The fourth-order valence-electron chi connectivity index (χ4n) is 1.28. The average Bonchev–Trinajstić information content (AvgIpc) is 2.32. The van der Waals surface area contributed by atoms with Crippen LogP contribution in [0.2, 0.25) is 0 Å². The van der Waals surface area contributed by atoms with Gasteiger partial charge in [0.05, 0.1) is 12.5 Å². The molecular formula is C11H5F8NO. The van der Waals surface area contributed by atoms with E-state index in [0.717, 1.165) is 0 Å². The maximum atomic E-state index is 13.3. The van der Waals surface area contributed by atoms with Gasteiger partial charge in [-0.2, -0.15) is 27.2 Å². The summed E-state index contributed by atoms with van der Waals surface area (Å²) in [4.78, 5) is 0. The second-order valence-corrected chi connectivity index (χ2v) is 3.79. The van der Waals surface area contributed by atoms with Gasteiger partial charge in [0.15, 0.2) is 17.4 Å². The van der Waals surface area contributed by atoms with E-state index in [4.69, 9.17) is 5.26 Å². The van der Waals surface area contributed by atoms with Crippen molar-refractivity contribution in [3.05, 3.63) is 29.3 Å². The van der Waals surface area contributed by atoms with Crippen molar-refractivity contribution in [2.75, 3.05) is 0 Å². The summed E-state index contributed by atoms with van der Waals surface area (Å²) in [5.74, 6) is -5.43. The fourth-order valence-corrected chi connectivity index (χ4v) is 1.28. The lowest BCUT2D eigenvalue weighted by atomic mass is 10.1. The van der Waals surface area contributed by atoms with E-state index in [1.807, 2.05) is 0 Å². The number of ether oxygens (including phenoxy) is 1. The highest BCUT2D eigenvalue weighted by atomic mass is 19.4. The van der Waals surface area contributed by atoms with Crippen molar-refractivity contribution in [2.24, 2.45) is 0 Å². The molecule has 0 saturated carbocycles. The molecule has 1 rings (SSSR count). The predicted molar refractivity (Wildman–Crippen MR) is 52.2 cm³/mol. The third-order valence-electron chi connectivity index (χ3n) is 2.16. The first-order valence-corrected chi connectivity index (χ1v) is 5.11. The topological polar surface area (TPSA) is 33.0 Å². The summed E-state index contributed by atoms with van der Waals surface area (Å²) in [5, 5.41) is 8.30. The van der Waals surface area contributed by atoms with E-state index in [1.54, 1.807) is 0 Å². The molecule has 1 atom stereocenters. The van der Waals surface area contributed by atoms with Crippen LogP contribution in [0.15, 0.2) is 12.1 Å². The summed E-state index contributed by atoms with van der Waals surface area (Å²) in [7, 11) is 0. The van der Waals surface area contributed by atoms with Gasteiger partial charge in [-0.05, 0) is 17.7 Å². The number of benzene rings is 1. The van der Waals surface area contributed by atoms with Gasteiger partial charge in [0.25, 0.3) is 6.17 Å². The molecule has 0 aromatic heterocycles. The molecule has 0 aliphatic carbocycles. The lowest BCUT2D eigenvalue weighted by Gasteiger charge is -2.23. The number of nitriles is 1. The first-order chi connectivity index (χ1) is 9.49. The zero-order valence-corrected chi connectivity index (χ0v) is 9.82. The fraction of sp³-hybridized carbons (Fsp3) is 0.364. The second-order valence-electron chi connectivity index (χ2n) is 3.79. The summed E-state index contributed by atoms with van der Waals surface area (Å²) >= 11 is 0. The van der Waals surface area contributed by atoms with E-state index in [0.29, 0.717) is 12.1 Å². The molecular weight excluding hydrogens is 314 g/mol. The van der Waals surface area contributed by atoms with Crippen molar-refractivity contribution in [2.45, 2.75) is 24.9 Å². The quantitative estimate of drug-likeness (QED) is 0.789. The van der Waals surface area contributed by atoms with Crippen LogP contribution in [-0.4, -0.2) is 18.5 Å². The van der Waals surface area contributed by atoms with E-state index < -0.39 is 42.3 Å². The van der Waals surface area contributed by atoms with Crippen LogP contribution in [0, 0.1) is 23.0 Å². The van der Waals surface area contributed by atoms with Gasteiger partial charge >= 0.3 is 12.3 Å². The Morgan fingerprint density at radius 3 is 1.95 bits per heavy atom. The molecule has 0 N–H and O–H groups in total. The highest BCUT2D eigenvalue weighted by molar-refractivity contribution is 5.32. The lowest BCUT2D eigenvalue weighted by Crippen LogP contribution is -2.46. The third kappa shape index (κ3) is 3.96. The van der Waals surface area contributed by atoms with Crippen LogP contribution >= 0.6 is 0 Å². The number of rotatable bonds is 4. The van der Waals surface area contributed by atoms with E-state index in [-0.39, 0.29) is 5.56 Å². The van der Waals surface area contributed by atoms with Gasteiger partial charge in [0.2, 0.25) is 0 Å². The largest absolute Gasteiger partial charge is 0.439 e. The Hall–Kier alpha value is -2.05. The van der Waals surface area contributed by atoms with Gasteiger partial charge in [-0.1, -0.05) is 0 Å². The summed E-state index contributed by atoms with van der Waals surface area (Å²) in [6.07, 6.45) is -16.7. The first-order valence-electron chi connectivity index (χ1n) is 5.11. The van der Waals surface area contributed by atoms with Crippen LogP contribution < -0.4 is 4.74 Å². The summed E-state index contributed by atoms with van der Waals surface area (Å²) in [6, 6.07) is 2.34. The van der Waals surface area contributed by atoms with Gasteiger partial charge < -0.3 is 4.74 Å². The molecule has 116 valence electrons. The van der Waals surface area contributed by atoms with Crippen LogP contribution in [0.3, 0.4) is 0 Å². The number of hydrogen-bond donors (Lipinski definition) is 0. The molecule has 0 bridgehead atoms. The van der Waals surface area contributed by atoms with Crippen LogP contribution in [0.5, 0.6) is 5.75 Å². The van der Waals surface area contributed by atoms with Crippen LogP contribution in [-0.2, 0) is 6.42 Å². The van der Waals surface area contributed by atoms with Crippen LogP contribution in [0.1, 0.15) is 5.56 Å². The molecule has 1 aromatic rings. The molecule has 0 fully saturated rings.